The molecule has 1 saturated heterocycles. The molecule has 1 aromatic carbocycles. The zero-order chi connectivity index (χ0) is 19.8. The van der Waals surface area contributed by atoms with Crippen molar-refractivity contribution < 1.29 is 9.59 Å². The molecule has 2 aromatic heterocycles. The van der Waals surface area contributed by atoms with Gasteiger partial charge in [-0.2, -0.15) is 0 Å². The van der Waals surface area contributed by atoms with Crippen LogP contribution in [-0.2, 0) is 4.79 Å². The highest BCUT2D eigenvalue weighted by Crippen LogP contribution is 2.17. The van der Waals surface area contributed by atoms with Crippen molar-refractivity contribution in [3.63, 3.8) is 0 Å². The Bertz CT molecular complexity index is 1110. The van der Waals surface area contributed by atoms with Crippen molar-refractivity contribution in [3.8, 4) is 0 Å². The van der Waals surface area contributed by atoms with Crippen LogP contribution in [0.4, 0.5) is 0 Å². The van der Waals surface area contributed by atoms with Crippen LogP contribution in [0.25, 0.3) is 16.6 Å². The number of nitrogens with one attached hydrogen (secondary N) is 1. The van der Waals surface area contributed by atoms with Gasteiger partial charge in [-0.15, -0.1) is 0 Å². The van der Waals surface area contributed by atoms with Gasteiger partial charge in [-0.3, -0.25) is 14.4 Å². The molecule has 7 nitrogen and oxygen atoms in total. The van der Waals surface area contributed by atoms with Crippen molar-refractivity contribution in [2.75, 3.05) is 26.2 Å². The normalized spacial score (nSPS) is 15.4. The van der Waals surface area contributed by atoms with Gasteiger partial charge in [0, 0.05) is 43.9 Å². The summed E-state index contributed by atoms with van der Waals surface area (Å²) in [6.45, 7) is 6.16. The van der Waals surface area contributed by atoms with Crippen LogP contribution in [0.1, 0.15) is 30.6 Å². The number of aromatic amines is 1. The number of nitrogens with zero attached hydrogens (tertiary/aromatic N) is 3. The third-order valence-electron chi connectivity index (χ3n) is 5.32. The van der Waals surface area contributed by atoms with E-state index in [1.165, 1.54) is 0 Å². The van der Waals surface area contributed by atoms with Gasteiger partial charge in [0.2, 0.25) is 5.91 Å². The zero-order valence-electron chi connectivity index (χ0n) is 16.1. The Morgan fingerprint density at radius 2 is 1.75 bits per heavy atom. The minimum atomic E-state index is -0.181. The van der Waals surface area contributed by atoms with Gasteiger partial charge in [-0.1, -0.05) is 13.8 Å². The number of carbonyl (C=O) groups excluding carboxylic acids is 2. The molecule has 3 heterocycles. The Morgan fingerprint density at radius 1 is 1.00 bits per heavy atom. The van der Waals surface area contributed by atoms with Gasteiger partial charge < -0.3 is 19.2 Å². The van der Waals surface area contributed by atoms with E-state index in [4.69, 9.17) is 0 Å². The monoisotopic (exact) mass is 380 g/mol. The molecule has 3 aromatic rings. The van der Waals surface area contributed by atoms with Crippen LogP contribution >= 0.6 is 0 Å². The fraction of sp³-hybridized carbons (Fsp3) is 0.381. The molecule has 0 radical (unpaired) electrons. The number of hydrogen-bond donors (Lipinski definition) is 1. The lowest BCUT2D eigenvalue weighted by molar-refractivity contribution is -0.134. The van der Waals surface area contributed by atoms with Crippen molar-refractivity contribution in [3.05, 3.63) is 52.4 Å². The molecule has 7 heteroatoms. The molecule has 1 N–H and O–H groups in total. The quantitative estimate of drug-likeness (QED) is 0.740. The lowest BCUT2D eigenvalue weighted by atomic mass is 10.1. The van der Waals surface area contributed by atoms with E-state index in [-0.39, 0.29) is 23.3 Å². The molecule has 146 valence electrons. The van der Waals surface area contributed by atoms with Gasteiger partial charge in [0.25, 0.3) is 11.5 Å². The van der Waals surface area contributed by atoms with E-state index in [1.807, 2.05) is 41.5 Å². The van der Waals surface area contributed by atoms with Gasteiger partial charge in [0.05, 0.1) is 11.0 Å². The van der Waals surface area contributed by atoms with Crippen LogP contribution in [-0.4, -0.2) is 57.2 Å². The van der Waals surface area contributed by atoms with E-state index < -0.39 is 0 Å². The molecule has 2 amide bonds. The minimum Gasteiger partial charge on any atom is -0.341 e. The summed E-state index contributed by atoms with van der Waals surface area (Å²) in [6.07, 6.45) is 2.60. The summed E-state index contributed by atoms with van der Waals surface area (Å²) < 4.78 is 1.82. The standard InChI is InChI=1S/C21H24N4O3/c1-14(2)20(27)23-8-4-9-24(12-11-23)21(28)15-6-7-17-16(13-15)22-19(26)18-5-3-10-25(17)18/h3,5-7,10,13-14H,4,8-9,11-12H2,1-2H3,(H,22,26). The average molecular weight is 380 g/mol. The zero-order valence-corrected chi connectivity index (χ0v) is 16.1. The molecule has 4 rings (SSSR count). The number of amides is 2. The first kappa shape index (κ1) is 18.3. The van der Waals surface area contributed by atoms with E-state index in [0.29, 0.717) is 42.8 Å². The first-order valence-electron chi connectivity index (χ1n) is 9.67. The SMILES string of the molecule is CC(C)C(=O)N1CCCN(C(=O)c2ccc3c(c2)[nH]c(=O)c2cccn23)CC1. The van der Waals surface area contributed by atoms with Crippen molar-refractivity contribution >= 4 is 28.4 Å². The first-order chi connectivity index (χ1) is 13.5. The Hall–Kier alpha value is -3.09. The summed E-state index contributed by atoms with van der Waals surface area (Å²) in [4.78, 5) is 44.0. The fourth-order valence-electron chi connectivity index (χ4n) is 3.83. The van der Waals surface area contributed by atoms with E-state index in [1.54, 1.807) is 23.1 Å². The van der Waals surface area contributed by atoms with Crippen molar-refractivity contribution in [1.29, 1.82) is 0 Å². The van der Waals surface area contributed by atoms with Crippen LogP contribution in [0.5, 0.6) is 0 Å². The van der Waals surface area contributed by atoms with E-state index in [0.717, 1.165) is 11.9 Å². The van der Waals surface area contributed by atoms with E-state index in [9.17, 15) is 14.4 Å². The summed E-state index contributed by atoms with van der Waals surface area (Å²) in [5.41, 5.74) is 2.42. The number of hydrogen-bond acceptors (Lipinski definition) is 3. The van der Waals surface area contributed by atoms with Gasteiger partial charge in [-0.25, -0.2) is 0 Å². The highest BCUT2D eigenvalue weighted by molar-refractivity contribution is 5.97. The van der Waals surface area contributed by atoms with Gasteiger partial charge >= 0.3 is 0 Å². The molecule has 0 aliphatic carbocycles. The average Bonchev–Trinajstić information content (AvgIpc) is 3.05. The van der Waals surface area contributed by atoms with Crippen LogP contribution in [0.3, 0.4) is 0 Å². The van der Waals surface area contributed by atoms with Crippen LogP contribution in [0.2, 0.25) is 0 Å². The molecular formula is C21H24N4O3. The van der Waals surface area contributed by atoms with Gasteiger partial charge in [0.1, 0.15) is 5.52 Å². The number of rotatable bonds is 2. The maximum atomic E-state index is 13.0. The predicted molar refractivity (Wildman–Crippen MR) is 107 cm³/mol. The predicted octanol–water partition coefficient (Wildman–Crippen LogP) is 2.11. The summed E-state index contributed by atoms with van der Waals surface area (Å²) in [5.74, 6) is 0.0209. The second-order valence-electron chi connectivity index (χ2n) is 7.58. The first-order valence-corrected chi connectivity index (χ1v) is 9.67. The Kier molecular flexibility index (Phi) is 4.66. The van der Waals surface area contributed by atoms with Crippen molar-refractivity contribution in [1.82, 2.24) is 19.2 Å². The van der Waals surface area contributed by atoms with E-state index in [2.05, 4.69) is 4.98 Å². The smallest absolute Gasteiger partial charge is 0.272 e. The van der Waals surface area contributed by atoms with Crippen LogP contribution in [0.15, 0.2) is 41.3 Å². The topological polar surface area (TPSA) is 77.9 Å². The molecule has 1 fully saturated rings. The third-order valence-corrected chi connectivity index (χ3v) is 5.32. The largest absolute Gasteiger partial charge is 0.341 e. The Labute approximate surface area is 162 Å². The molecular weight excluding hydrogens is 356 g/mol. The van der Waals surface area contributed by atoms with Crippen molar-refractivity contribution in [2.45, 2.75) is 20.3 Å². The van der Waals surface area contributed by atoms with E-state index >= 15 is 0 Å². The van der Waals surface area contributed by atoms with Crippen molar-refractivity contribution in [2.24, 2.45) is 5.92 Å². The molecule has 0 saturated carbocycles. The number of carbonyl (C=O) groups is 2. The second kappa shape index (κ2) is 7.14. The molecule has 0 bridgehead atoms. The Morgan fingerprint density at radius 3 is 2.54 bits per heavy atom. The minimum absolute atomic E-state index is 0.0370. The van der Waals surface area contributed by atoms with Crippen LogP contribution in [0, 0.1) is 5.92 Å². The molecule has 0 spiro atoms. The number of aromatic nitrogens is 2. The highest BCUT2D eigenvalue weighted by Gasteiger charge is 2.24. The summed E-state index contributed by atoms with van der Waals surface area (Å²) in [6, 6.07) is 8.98. The maximum Gasteiger partial charge on any atom is 0.272 e. The molecule has 1 aliphatic rings. The lowest BCUT2D eigenvalue weighted by Gasteiger charge is -2.23. The molecule has 0 atom stereocenters. The fourth-order valence-corrected chi connectivity index (χ4v) is 3.83. The number of H-pyrrole nitrogens is 1. The number of benzene rings is 1. The van der Waals surface area contributed by atoms with Crippen LogP contribution < -0.4 is 5.56 Å². The molecule has 1 aliphatic heterocycles. The van der Waals surface area contributed by atoms with Gasteiger partial charge in [0.15, 0.2) is 0 Å². The Balaban J connectivity index is 1.59. The third kappa shape index (κ3) is 3.17. The maximum absolute atomic E-state index is 13.0. The highest BCUT2D eigenvalue weighted by atomic mass is 16.2. The molecule has 0 unspecified atom stereocenters. The summed E-state index contributed by atoms with van der Waals surface area (Å²) in [7, 11) is 0. The lowest BCUT2D eigenvalue weighted by Crippen LogP contribution is -2.39. The molecule has 28 heavy (non-hydrogen) atoms. The summed E-state index contributed by atoms with van der Waals surface area (Å²) >= 11 is 0. The summed E-state index contributed by atoms with van der Waals surface area (Å²) in [5, 5.41) is 0. The number of fused-ring (bicyclic) bond motifs is 3. The van der Waals surface area contributed by atoms with Gasteiger partial charge in [-0.05, 0) is 36.8 Å². The second-order valence-corrected chi connectivity index (χ2v) is 7.58.